The summed E-state index contributed by atoms with van der Waals surface area (Å²) in [5.41, 5.74) is 0. The van der Waals surface area contributed by atoms with E-state index in [1.165, 1.54) is 12.5 Å². The molecule has 0 aromatic heterocycles. The van der Waals surface area contributed by atoms with E-state index in [1.807, 2.05) is 0 Å². The fourth-order valence-electron chi connectivity index (χ4n) is 0.750. The Morgan fingerprint density at radius 2 is 1.50 bits per heavy atom. The summed E-state index contributed by atoms with van der Waals surface area (Å²) >= 11 is 0. The molecule has 0 aromatic carbocycles. The van der Waals surface area contributed by atoms with Gasteiger partial charge in [0.1, 0.15) is 0 Å². The van der Waals surface area contributed by atoms with Crippen LogP contribution in [0.15, 0.2) is 0 Å². The molecule has 0 rings (SSSR count). The summed E-state index contributed by atoms with van der Waals surface area (Å²) in [5, 5.41) is 0. The van der Waals surface area contributed by atoms with Crippen molar-refractivity contribution in [3.63, 3.8) is 0 Å². The first-order valence-electron chi connectivity index (χ1n) is 3.06. The molecule has 0 aliphatic rings. The maximum absolute atomic E-state index is 2.41. The number of rotatable bonds is 2. The van der Waals surface area contributed by atoms with Gasteiger partial charge in [-0.05, 0) is 0 Å². The molecule has 0 spiro atoms. The second-order valence-electron chi connectivity index (χ2n) is 3.31. The van der Waals surface area contributed by atoms with Crippen LogP contribution in [0.25, 0.3) is 0 Å². The summed E-state index contributed by atoms with van der Waals surface area (Å²) in [4.78, 5) is 0. The van der Waals surface area contributed by atoms with Gasteiger partial charge in [0, 0.05) is 8.07 Å². The van der Waals surface area contributed by atoms with Crippen molar-refractivity contribution in [3.8, 4) is 0 Å². The molecule has 0 amide bonds. The van der Waals surface area contributed by atoms with Crippen LogP contribution in [0.4, 0.5) is 0 Å². The maximum Gasteiger partial charge on any atom is 1.00 e. The summed E-state index contributed by atoms with van der Waals surface area (Å²) in [5.74, 6) is 0. The Bertz CT molecular complexity index is 47.0. The van der Waals surface area contributed by atoms with Crippen LogP contribution < -0.4 is 29.6 Å². The molecule has 0 saturated carbocycles. The normalized spacial score (nSPS) is 10.5. The van der Waals surface area contributed by atoms with Crippen LogP contribution in [-0.4, -0.2) is 8.07 Å². The van der Waals surface area contributed by atoms with Crippen molar-refractivity contribution < 1.29 is 29.6 Å². The molecule has 0 radical (unpaired) electrons. The van der Waals surface area contributed by atoms with Crippen molar-refractivity contribution in [3.05, 3.63) is 0 Å². The first-order chi connectivity index (χ1) is 3.06. The van der Waals surface area contributed by atoms with Gasteiger partial charge in [-0.1, -0.05) is 39.0 Å². The average Bonchev–Trinajstić information content (AvgIpc) is 1.30. The largest absolute Gasteiger partial charge is 1.00 e. The predicted octanol–water partition coefficient (Wildman–Crippen LogP) is -0.261. The van der Waals surface area contributed by atoms with E-state index < -0.39 is 8.07 Å². The van der Waals surface area contributed by atoms with Crippen molar-refractivity contribution in [2.45, 2.75) is 39.0 Å². The van der Waals surface area contributed by atoms with E-state index in [-0.39, 0.29) is 29.6 Å². The van der Waals surface area contributed by atoms with Crippen LogP contribution in [0.2, 0.25) is 25.7 Å². The minimum absolute atomic E-state index is 0. The van der Waals surface area contributed by atoms with E-state index in [9.17, 15) is 0 Å². The third kappa shape index (κ3) is 10.2. The van der Waals surface area contributed by atoms with Crippen molar-refractivity contribution in [2.75, 3.05) is 0 Å². The Labute approximate surface area is 76.4 Å². The van der Waals surface area contributed by atoms with Crippen LogP contribution in [-0.2, 0) is 0 Å². The minimum Gasteiger partial charge on any atom is -0.0695 e. The summed E-state index contributed by atoms with van der Waals surface area (Å²) in [7, 11) is -0.657. The Morgan fingerprint density at radius 1 is 1.12 bits per heavy atom. The Kier molecular flexibility index (Phi) is 7.52. The smallest absolute Gasteiger partial charge is 0.0695 e. The average molecular weight is 139 g/mol. The molecule has 0 atom stereocenters. The molecule has 2 heteroatoms. The van der Waals surface area contributed by atoms with Crippen LogP contribution in [0.5, 0.6) is 0 Å². The van der Waals surface area contributed by atoms with E-state index in [0.29, 0.717) is 0 Å². The van der Waals surface area contributed by atoms with Crippen LogP contribution in [0, 0.1) is 0 Å². The van der Waals surface area contributed by atoms with Gasteiger partial charge in [0.15, 0.2) is 0 Å². The zero-order valence-electron chi connectivity index (χ0n) is 6.91. The molecular formula is C6H16NaSi+. The summed E-state index contributed by atoms with van der Waals surface area (Å²) in [6.07, 6.45) is 1.37. The van der Waals surface area contributed by atoms with Gasteiger partial charge in [-0.3, -0.25) is 0 Å². The summed E-state index contributed by atoms with van der Waals surface area (Å²) in [6, 6.07) is 1.48. The van der Waals surface area contributed by atoms with Crippen LogP contribution in [0.1, 0.15) is 13.3 Å². The van der Waals surface area contributed by atoms with Crippen LogP contribution >= 0.6 is 0 Å². The van der Waals surface area contributed by atoms with Crippen molar-refractivity contribution in [2.24, 2.45) is 0 Å². The fourth-order valence-corrected chi connectivity index (χ4v) is 2.25. The summed E-state index contributed by atoms with van der Waals surface area (Å²) in [6.45, 7) is 9.50. The molecule has 0 saturated heterocycles. The second kappa shape index (κ2) is 5.04. The molecule has 0 aromatic rings. The Balaban J connectivity index is 0. The quantitative estimate of drug-likeness (QED) is 0.462. The molecule has 0 N–H and O–H groups in total. The van der Waals surface area contributed by atoms with Gasteiger partial charge in [-0.15, -0.1) is 0 Å². The molecular weight excluding hydrogens is 123 g/mol. The minimum atomic E-state index is -0.657. The van der Waals surface area contributed by atoms with Gasteiger partial charge in [-0.2, -0.15) is 0 Å². The topological polar surface area (TPSA) is 0 Å². The fraction of sp³-hybridized carbons (Fsp3) is 1.00. The molecule has 0 unspecified atom stereocenters. The molecule has 0 aliphatic heterocycles. The third-order valence-corrected chi connectivity index (χ3v) is 3.00. The monoisotopic (exact) mass is 139 g/mol. The molecule has 0 nitrogen and oxygen atoms in total. The van der Waals surface area contributed by atoms with Crippen molar-refractivity contribution in [1.29, 1.82) is 0 Å². The zero-order chi connectivity index (χ0) is 5.91. The first kappa shape index (κ1) is 11.9. The van der Waals surface area contributed by atoms with E-state index in [1.54, 1.807) is 0 Å². The molecule has 8 heavy (non-hydrogen) atoms. The first-order valence-corrected chi connectivity index (χ1v) is 6.77. The van der Waals surface area contributed by atoms with Gasteiger partial charge >= 0.3 is 29.6 Å². The second-order valence-corrected chi connectivity index (χ2v) is 8.93. The van der Waals surface area contributed by atoms with E-state index in [0.717, 1.165) is 0 Å². The molecule has 0 fully saturated rings. The van der Waals surface area contributed by atoms with Gasteiger partial charge in [0.25, 0.3) is 0 Å². The van der Waals surface area contributed by atoms with E-state index >= 15 is 0 Å². The van der Waals surface area contributed by atoms with Crippen molar-refractivity contribution in [1.82, 2.24) is 0 Å². The van der Waals surface area contributed by atoms with Gasteiger partial charge in [0.05, 0.1) is 0 Å². The number of hydrogen-bond donors (Lipinski definition) is 0. The molecule has 0 aliphatic carbocycles. The number of hydrogen-bond acceptors (Lipinski definition) is 0. The van der Waals surface area contributed by atoms with E-state index in [2.05, 4.69) is 26.6 Å². The van der Waals surface area contributed by atoms with Gasteiger partial charge in [-0.25, -0.2) is 0 Å². The molecule has 0 heterocycles. The standard InChI is InChI=1S/C6H16Si.Na/c1-5-6-7(2,3)4;/h5-6H2,1-4H3;/q;+1. The van der Waals surface area contributed by atoms with E-state index in [4.69, 9.17) is 0 Å². The van der Waals surface area contributed by atoms with Gasteiger partial charge in [0.2, 0.25) is 0 Å². The molecule has 44 valence electrons. The summed E-state index contributed by atoms with van der Waals surface area (Å²) < 4.78 is 0. The Hall–Kier alpha value is 1.22. The van der Waals surface area contributed by atoms with Crippen molar-refractivity contribution >= 4 is 8.07 Å². The maximum atomic E-state index is 2.41. The SMILES string of the molecule is CCC[Si](C)(C)C.[Na+]. The predicted molar refractivity (Wildman–Crippen MR) is 38.4 cm³/mol. The Morgan fingerprint density at radius 3 is 1.50 bits per heavy atom. The van der Waals surface area contributed by atoms with Gasteiger partial charge < -0.3 is 0 Å². The third-order valence-electron chi connectivity index (χ3n) is 1.000. The van der Waals surface area contributed by atoms with Crippen LogP contribution in [0.3, 0.4) is 0 Å². The zero-order valence-corrected chi connectivity index (χ0v) is 9.91. The molecule has 0 bridgehead atoms.